The van der Waals surface area contributed by atoms with Gasteiger partial charge in [0, 0.05) is 33.1 Å². The Labute approximate surface area is 111 Å². The molecule has 2 amide bonds. The zero-order valence-electron chi connectivity index (χ0n) is 11.1. The average molecular weight is 267 g/mol. The molecule has 0 saturated carbocycles. The lowest BCUT2D eigenvalue weighted by Crippen LogP contribution is -2.50. The first kappa shape index (κ1) is 13.4. The fraction of sp³-hybridized carbons (Fsp3) is 0.583. The molecule has 1 saturated heterocycles. The number of piperazine rings is 1. The van der Waals surface area contributed by atoms with Crippen LogP contribution in [0.5, 0.6) is 0 Å². The maximum Gasteiger partial charge on any atom is 0.409 e. The molecule has 1 aliphatic heterocycles. The monoisotopic (exact) mass is 267 g/mol. The molecular formula is C12H17N3O4. The SMILES string of the molecule is CCOC(=O)N1CCN(C(=O)c2cnc(C)o2)CC1. The summed E-state index contributed by atoms with van der Waals surface area (Å²) in [5, 5.41) is 0. The summed E-state index contributed by atoms with van der Waals surface area (Å²) in [4.78, 5) is 30.7. The van der Waals surface area contributed by atoms with Crippen molar-refractivity contribution in [3.05, 3.63) is 17.8 Å². The highest BCUT2D eigenvalue weighted by Gasteiger charge is 2.27. The summed E-state index contributed by atoms with van der Waals surface area (Å²) in [6.45, 7) is 5.69. The van der Waals surface area contributed by atoms with Crippen molar-refractivity contribution in [2.45, 2.75) is 13.8 Å². The molecule has 0 N–H and O–H groups in total. The fourth-order valence-electron chi connectivity index (χ4n) is 1.92. The Kier molecular flexibility index (Phi) is 4.03. The van der Waals surface area contributed by atoms with E-state index in [-0.39, 0.29) is 17.8 Å². The summed E-state index contributed by atoms with van der Waals surface area (Å²) < 4.78 is 10.1. The van der Waals surface area contributed by atoms with Gasteiger partial charge in [-0.1, -0.05) is 0 Å². The molecule has 0 bridgehead atoms. The van der Waals surface area contributed by atoms with E-state index in [1.165, 1.54) is 6.20 Å². The molecule has 2 heterocycles. The summed E-state index contributed by atoms with van der Waals surface area (Å²) in [7, 11) is 0. The highest BCUT2D eigenvalue weighted by atomic mass is 16.6. The molecule has 0 spiro atoms. The summed E-state index contributed by atoms with van der Waals surface area (Å²) >= 11 is 0. The van der Waals surface area contributed by atoms with Gasteiger partial charge in [0.05, 0.1) is 12.8 Å². The van der Waals surface area contributed by atoms with E-state index in [1.54, 1.807) is 23.6 Å². The average Bonchev–Trinajstić information content (AvgIpc) is 2.85. The normalized spacial score (nSPS) is 15.5. The van der Waals surface area contributed by atoms with Crippen LogP contribution in [0.1, 0.15) is 23.4 Å². The van der Waals surface area contributed by atoms with Crippen LogP contribution in [0, 0.1) is 6.92 Å². The minimum absolute atomic E-state index is 0.191. The third kappa shape index (κ3) is 3.04. The highest BCUT2D eigenvalue weighted by molar-refractivity contribution is 5.91. The Morgan fingerprint density at radius 3 is 2.47 bits per heavy atom. The minimum Gasteiger partial charge on any atom is -0.450 e. The van der Waals surface area contributed by atoms with Crippen LogP contribution in [0.4, 0.5) is 4.79 Å². The zero-order valence-corrected chi connectivity index (χ0v) is 11.1. The Bertz CT molecular complexity index is 463. The van der Waals surface area contributed by atoms with E-state index in [0.717, 1.165) is 0 Å². The number of rotatable bonds is 2. The number of hydrogen-bond donors (Lipinski definition) is 0. The zero-order chi connectivity index (χ0) is 13.8. The first-order valence-corrected chi connectivity index (χ1v) is 6.25. The number of amides is 2. The maximum atomic E-state index is 12.1. The second-order valence-corrected chi connectivity index (χ2v) is 4.22. The number of hydrogen-bond acceptors (Lipinski definition) is 5. The molecule has 0 radical (unpaired) electrons. The number of carbonyl (C=O) groups is 2. The van der Waals surface area contributed by atoms with Gasteiger partial charge >= 0.3 is 6.09 Å². The van der Waals surface area contributed by atoms with Gasteiger partial charge in [-0.25, -0.2) is 9.78 Å². The number of nitrogens with zero attached hydrogens (tertiary/aromatic N) is 3. The maximum absolute atomic E-state index is 12.1. The van der Waals surface area contributed by atoms with Crippen molar-refractivity contribution in [1.82, 2.24) is 14.8 Å². The van der Waals surface area contributed by atoms with Crippen molar-refractivity contribution >= 4 is 12.0 Å². The molecule has 0 atom stereocenters. The molecule has 0 unspecified atom stereocenters. The van der Waals surface area contributed by atoms with Crippen molar-refractivity contribution in [3.8, 4) is 0 Å². The van der Waals surface area contributed by atoms with Crippen molar-refractivity contribution in [1.29, 1.82) is 0 Å². The number of oxazole rings is 1. The number of aryl methyl sites for hydroxylation is 1. The molecule has 104 valence electrons. The summed E-state index contributed by atoms with van der Waals surface area (Å²) in [5.41, 5.74) is 0. The van der Waals surface area contributed by atoms with E-state index in [2.05, 4.69) is 4.98 Å². The largest absolute Gasteiger partial charge is 0.450 e. The van der Waals surface area contributed by atoms with Crippen molar-refractivity contribution in [2.75, 3.05) is 32.8 Å². The molecule has 19 heavy (non-hydrogen) atoms. The van der Waals surface area contributed by atoms with E-state index < -0.39 is 0 Å². The number of ether oxygens (including phenoxy) is 1. The molecule has 1 fully saturated rings. The summed E-state index contributed by atoms with van der Waals surface area (Å²) in [6.07, 6.45) is 1.10. The van der Waals surface area contributed by atoms with Gasteiger partial charge in [-0.3, -0.25) is 4.79 Å². The van der Waals surface area contributed by atoms with E-state index >= 15 is 0 Å². The lowest BCUT2D eigenvalue weighted by molar-refractivity contribution is 0.0545. The molecule has 1 aromatic rings. The third-order valence-corrected chi connectivity index (χ3v) is 2.92. The van der Waals surface area contributed by atoms with Crippen molar-refractivity contribution < 1.29 is 18.7 Å². The molecule has 7 nitrogen and oxygen atoms in total. The van der Waals surface area contributed by atoms with Gasteiger partial charge in [-0.15, -0.1) is 0 Å². The quantitative estimate of drug-likeness (QED) is 0.795. The van der Waals surface area contributed by atoms with Crippen LogP contribution in [0.25, 0.3) is 0 Å². The number of carbonyl (C=O) groups excluding carboxylic acids is 2. The smallest absolute Gasteiger partial charge is 0.409 e. The van der Waals surface area contributed by atoms with Crippen LogP contribution in [0.15, 0.2) is 10.6 Å². The first-order valence-electron chi connectivity index (χ1n) is 6.25. The molecular weight excluding hydrogens is 250 g/mol. The molecule has 1 aliphatic rings. The predicted molar refractivity (Wildman–Crippen MR) is 65.7 cm³/mol. The predicted octanol–water partition coefficient (Wildman–Crippen LogP) is 0.897. The second-order valence-electron chi connectivity index (χ2n) is 4.22. The van der Waals surface area contributed by atoms with Crippen LogP contribution < -0.4 is 0 Å². The third-order valence-electron chi connectivity index (χ3n) is 2.92. The number of aromatic nitrogens is 1. The van der Waals surface area contributed by atoms with Crippen molar-refractivity contribution in [2.24, 2.45) is 0 Å². The van der Waals surface area contributed by atoms with E-state index in [0.29, 0.717) is 38.7 Å². The van der Waals surface area contributed by atoms with Crippen LogP contribution in [0.2, 0.25) is 0 Å². The van der Waals surface area contributed by atoms with Gasteiger partial charge in [0.15, 0.2) is 5.89 Å². The molecule has 2 rings (SSSR count). The van der Waals surface area contributed by atoms with Gasteiger partial charge in [0.2, 0.25) is 5.76 Å². The van der Waals surface area contributed by atoms with Crippen LogP contribution in [0.3, 0.4) is 0 Å². The Morgan fingerprint density at radius 2 is 1.95 bits per heavy atom. The standard InChI is InChI=1S/C12H17N3O4/c1-3-18-12(17)15-6-4-14(5-7-15)11(16)10-8-13-9(2)19-10/h8H,3-7H2,1-2H3. The molecule has 7 heteroatoms. The fourth-order valence-corrected chi connectivity index (χ4v) is 1.92. The minimum atomic E-state index is -0.329. The summed E-state index contributed by atoms with van der Waals surface area (Å²) in [5.74, 6) is 0.514. The molecule has 0 aromatic carbocycles. The van der Waals surface area contributed by atoms with Gasteiger partial charge in [-0.05, 0) is 6.92 Å². The van der Waals surface area contributed by atoms with Crippen LogP contribution >= 0.6 is 0 Å². The Hall–Kier alpha value is -2.05. The first-order chi connectivity index (χ1) is 9.11. The van der Waals surface area contributed by atoms with Gasteiger partial charge < -0.3 is 19.0 Å². The van der Waals surface area contributed by atoms with Crippen LogP contribution in [-0.2, 0) is 4.74 Å². The lowest BCUT2D eigenvalue weighted by Gasteiger charge is -2.33. The highest BCUT2D eigenvalue weighted by Crippen LogP contribution is 2.10. The second kappa shape index (κ2) is 5.73. The Morgan fingerprint density at radius 1 is 1.32 bits per heavy atom. The van der Waals surface area contributed by atoms with Crippen LogP contribution in [-0.4, -0.2) is 59.6 Å². The molecule has 0 aliphatic carbocycles. The topological polar surface area (TPSA) is 75.9 Å². The Balaban J connectivity index is 1.89. The van der Waals surface area contributed by atoms with Gasteiger partial charge in [0.25, 0.3) is 5.91 Å². The van der Waals surface area contributed by atoms with E-state index in [4.69, 9.17) is 9.15 Å². The van der Waals surface area contributed by atoms with Gasteiger partial charge in [0.1, 0.15) is 0 Å². The van der Waals surface area contributed by atoms with E-state index in [9.17, 15) is 9.59 Å². The lowest BCUT2D eigenvalue weighted by atomic mass is 10.3. The van der Waals surface area contributed by atoms with E-state index in [1.807, 2.05) is 0 Å². The van der Waals surface area contributed by atoms with Gasteiger partial charge in [-0.2, -0.15) is 0 Å². The molecule has 1 aromatic heterocycles. The van der Waals surface area contributed by atoms with Crippen molar-refractivity contribution in [3.63, 3.8) is 0 Å². The summed E-state index contributed by atoms with van der Waals surface area (Å²) in [6, 6.07) is 0.